The Bertz CT molecular complexity index is 221. The van der Waals surface area contributed by atoms with Gasteiger partial charge in [0.2, 0.25) is 5.91 Å². The summed E-state index contributed by atoms with van der Waals surface area (Å²) in [5.41, 5.74) is -0.746. The van der Waals surface area contributed by atoms with Crippen molar-refractivity contribution < 1.29 is 9.90 Å². The molecule has 4 heteroatoms. The third-order valence-corrected chi connectivity index (χ3v) is 3.53. The van der Waals surface area contributed by atoms with Crippen molar-refractivity contribution in [3.63, 3.8) is 0 Å². The number of hydrogen-bond donors (Lipinski definition) is 3. The van der Waals surface area contributed by atoms with E-state index in [0.29, 0.717) is 19.4 Å². The first-order valence-corrected chi connectivity index (χ1v) is 6.35. The van der Waals surface area contributed by atoms with Crippen LogP contribution in [-0.2, 0) is 4.79 Å². The molecule has 1 aliphatic rings. The van der Waals surface area contributed by atoms with E-state index in [4.69, 9.17) is 0 Å². The number of amides is 1. The molecule has 0 spiro atoms. The molecular weight excluding hydrogens is 204 g/mol. The SMILES string of the molecule is CCC(O)(CC)CNC(=O)C1CCCCN1. The molecule has 1 atom stereocenters. The fourth-order valence-corrected chi connectivity index (χ4v) is 1.95. The summed E-state index contributed by atoms with van der Waals surface area (Å²) in [6, 6.07) is -0.0632. The van der Waals surface area contributed by atoms with Gasteiger partial charge >= 0.3 is 0 Å². The molecule has 0 radical (unpaired) electrons. The lowest BCUT2D eigenvalue weighted by Crippen LogP contribution is -2.50. The molecule has 1 rings (SSSR count). The van der Waals surface area contributed by atoms with Gasteiger partial charge in [0.1, 0.15) is 0 Å². The molecule has 1 amide bonds. The third kappa shape index (κ3) is 3.76. The third-order valence-electron chi connectivity index (χ3n) is 3.53. The molecule has 0 aromatic rings. The van der Waals surface area contributed by atoms with Gasteiger partial charge < -0.3 is 15.7 Å². The Morgan fingerprint density at radius 1 is 1.44 bits per heavy atom. The summed E-state index contributed by atoms with van der Waals surface area (Å²) < 4.78 is 0. The predicted octanol–water partition coefficient (Wildman–Crippen LogP) is 0.796. The number of carbonyl (C=O) groups is 1. The van der Waals surface area contributed by atoms with Gasteiger partial charge in [-0.1, -0.05) is 20.3 Å². The predicted molar refractivity (Wildman–Crippen MR) is 64.2 cm³/mol. The quantitative estimate of drug-likeness (QED) is 0.652. The van der Waals surface area contributed by atoms with Crippen LogP contribution in [0.4, 0.5) is 0 Å². The maximum Gasteiger partial charge on any atom is 0.237 e. The zero-order valence-electron chi connectivity index (χ0n) is 10.4. The molecule has 94 valence electrons. The first-order valence-electron chi connectivity index (χ1n) is 6.35. The van der Waals surface area contributed by atoms with Crippen molar-refractivity contribution in [2.75, 3.05) is 13.1 Å². The van der Waals surface area contributed by atoms with Gasteiger partial charge in [-0.15, -0.1) is 0 Å². The van der Waals surface area contributed by atoms with E-state index in [-0.39, 0.29) is 11.9 Å². The minimum Gasteiger partial charge on any atom is -0.388 e. The Morgan fingerprint density at radius 2 is 2.12 bits per heavy atom. The van der Waals surface area contributed by atoms with E-state index in [9.17, 15) is 9.90 Å². The van der Waals surface area contributed by atoms with E-state index < -0.39 is 5.60 Å². The van der Waals surface area contributed by atoms with Crippen LogP contribution >= 0.6 is 0 Å². The summed E-state index contributed by atoms with van der Waals surface area (Å²) >= 11 is 0. The number of piperidine rings is 1. The standard InChI is InChI=1S/C12H24N2O2/c1-3-12(16,4-2)9-14-11(15)10-7-5-6-8-13-10/h10,13,16H,3-9H2,1-2H3,(H,14,15). The zero-order chi connectivity index (χ0) is 12.0. The topological polar surface area (TPSA) is 61.4 Å². The Balaban J connectivity index is 2.33. The van der Waals surface area contributed by atoms with Crippen molar-refractivity contribution in [2.45, 2.75) is 57.6 Å². The van der Waals surface area contributed by atoms with Crippen LogP contribution in [0.1, 0.15) is 46.0 Å². The molecular formula is C12H24N2O2. The summed E-state index contributed by atoms with van der Waals surface area (Å²) in [6.45, 7) is 5.16. The summed E-state index contributed by atoms with van der Waals surface area (Å²) in [5.74, 6) is 0.0278. The van der Waals surface area contributed by atoms with Gasteiger partial charge in [-0.25, -0.2) is 0 Å². The average molecular weight is 228 g/mol. The van der Waals surface area contributed by atoms with E-state index in [1.807, 2.05) is 13.8 Å². The highest BCUT2D eigenvalue weighted by molar-refractivity contribution is 5.81. The number of carbonyl (C=O) groups excluding carboxylic acids is 1. The van der Waals surface area contributed by atoms with Crippen molar-refractivity contribution in [2.24, 2.45) is 0 Å². The fourth-order valence-electron chi connectivity index (χ4n) is 1.95. The van der Waals surface area contributed by atoms with Gasteiger partial charge in [-0.2, -0.15) is 0 Å². The lowest BCUT2D eigenvalue weighted by molar-refractivity contribution is -0.125. The number of hydrogen-bond acceptors (Lipinski definition) is 3. The Kier molecular flexibility index (Phi) is 5.22. The Hall–Kier alpha value is -0.610. The van der Waals surface area contributed by atoms with Gasteiger partial charge in [-0.3, -0.25) is 4.79 Å². The monoisotopic (exact) mass is 228 g/mol. The molecule has 16 heavy (non-hydrogen) atoms. The van der Waals surface area contributed by atoms with Crippen LogP contribution in [0.2, 0.25) is 0 Å². The molecule has 3 N–H and O–H groups in total. The fraction of sp³-hybridized carbons (Fsp3) is 0.917. The largest absolute Gasteiger partial charge is 0.388 e. The van der Waals surface area contributed by atoms with E-state index in [2.05, 4.69) is 10.6 Å². The highest BCUT2D eigenvalue weighted by Gasteiger charge is 2.25. The smallest absolute Gasteiger partial charge is 0.237 e. The molecule has 1 fully saturated rings. The van der Waals surface area contributed by atoms with Crippen LogP contribution < -0.4 is 10.6 Å². The molecule has 0 bridgehead atoms. The van der Waals surface area contributed by atoms with E-state index in [1.165, 1.54) is 0 Å². The Labute approximate surface area is 97.8 Å². The minimum absolute atomic E-state index is 0.0278. The van der Waals surface area contributed by atoms with Crippen LogP contribution in [0, 0.1) is 0 Å². The van der Waals surface area contributed by atoms with Crippen molar-refractivity contribution in [3.8, 4) is 0 Å². The molecule has 1 saturated heterocycles. The second-order valence-corrected chi connectivity index (χ2v) is 4.65. The van der Waals surface area contributed by atoms with Crippen molar-refractivity contribution in [1.82, 2.24) is 10.6 Å². The van der Waals surface area contributed by atoms with Gasteiger partial charge in [0.05, 0.1) is 11.6 Å². The highest BCUT2D eigenvalue weighted by atomic mass is 16.3. The number of aliphatic hydroxyl groups is 1. The zero-order valence-corrected chi connectivity index (χ0v) is 10.4. The lowest BCUT2D eigenvalue weighted by Gasteiger charge is -2.28. The molecule has 0 aromatic carbocycles. The summed E-state index contributed by atoms with van der Waals surface area (Å²) in [7, 11) is 0. The van der Waals surface area contributed by atoms with Crippen molar-refractivity contribution in [1.29, 1.82) is 0 Å². The van der Waals surface area contributed by atoms with E-state index in [0.717, 1.165) is 25.8 Å². The first kappa shape index (κ1) is 13.5. The van der Waals surface area contributed by atoms with Gasteiger partial charge in [0.25, 0.3) is 0 Å². The van der Waals surface area contributed by atoms with Crippen molar-refractivity contribution >= 4 is 5.91 Å². The minimum atomic E-state index is -0.746. The van der Waals surface area contributed by atoms with Gasteiger partial charge in [0.15, 0.2) is 0 Å². The van der Waals surface area contributed by atoms with E-state index in [1.54, 1.807) is 0 Å². The Morgan fingerprint density at radius 3 is 2.62 bits per heavy atom. The van der Waals surface area contributed by atoms with Crippen LogP contribution in [0.5, 0.6) is 0 Å². The normalized spacial score (nSPS) is 21.8. The molecule has 0 aliphatic carbocycles. The first-order chi connectivity index (χ1) is 7.61. The lowest BCUT2D eigenvalue weighted by atomic mass is 9.97. The molecule has 0 saturated carbocycles. The summed E-state index contributed by atoms with van der Waals surface area (Å²) in [4.78, 5) is 11.8. The maximum absolute atomic E-state index is 11.8. The molecule has 1 aliphatic heterocycles. The molecule has 0 aromatic heterocycles. The van der Waals surface area contributed by atoms with Crippen LogP contribution in [0.3, 0.4) is 0 Å². The molecule has 1 unspecified atom stereocenters. The van der Waals surface area contributed by atoms with Crippen LogP contribution in [0.15, 0.2) is 0 Å². The molecule has 1 heterocycles. The van der Waals surface area contributed by atoms with Crippen LogP contribution in [-0.4, -0.2) is 35.7 Å². The van der Waals surface area contributed by atoms with Crippen molar-refractivity contribution in [3.05, 3.63) is 0 Å². The molecule has 4 nitrogen and oxygen atoms in total. The van der Waals surface area contributed by atoms with E-state index >= 15 is 0 Å². The van der Waals surface area contributed by atoms with Gasteiger partial charge in [0, 0.05) is 6.54 Å². The average Bonchev–Trinajstić information content (AvgIpc) is 2.36. The summed E-state index contributed by atoms with van der Waals surface area (Å²) in [6.07, 6.45) is 4.50. The second-order valence-electron chi connectivity index (χ2n) is 4.65. The van der Waals surface area contributed by atoms with Crippen LogP contribution in [0.25, 0.3) is 0 Å². The number of rotatable bonds is 5. The summed E-state index contributed by atoms with van der Waals surface area (Å²) in [5, 5.41) is 16.1. The second kappa shape index (κ2) is 6.21. The maximum atomic E-state index is 11.8. The van der Waals surface area contributed by atoms with Gasteiger partial charge in [-0.05, 0) is 32.2 Å². The highest BCUT2D eigenvalue weighted by Crippen LogP contribution is 2.13. The number of nitrogens with one attached hydrogen (secondary N) is 2.